The zero-order valence-corrected chi connectivity index (χ0v) is 20.4. The van der Waals surface area contributed by atoms with Gasteiger partial charge in [-0.1, -0.05) is 39.5 Å². The number of aliphatic hydroxyl groups is 2. The minimum Gasteiger partial charge on any atom is -0.504 e. The molecule has 0 aromatic heterocycles. The average molecular weight is 447 g/mol. The summed E-state index contributed by atoms with van der Waals surface area (Å²) in [7, 11) is 1.43. The van der Waals surface area contributed by atoms with Gasteiger partial charge in [0.15, 0.2) is 17.8 Å². The molecule has 0 saturated heterocycles. The van der Waals surface area contributed by atoms with E-state index in [0.29, 0.717) is 30.8 Å². The Labute approximate surface area is 189 Å². The summed E-state index contributed by atoms with van der Waals surface area (Å²) in [5.74, 6) is 0.354. The van der Waals surface area contributed by atoms with Crippen molar-refractivity contribution in [1.29, 1.82) is 0 Å². The van der Waals surface area contributed by atoms with E-state index in [1.807, 2.05) is 20.8 Å². The van der Waals surface area contributed by atoms with Crippen molar-refractivity contribution in [3.63, 3.8) is 0 Å². The van der Waals surface area contributed by atoms with E-state index in [1.54, 1.807) is 0 Å². The molecular formula is C24H46O7. The minimum atomic E-state index is -0.0370. The quantitative estimate of drug-likeness (QED) is 0.237. The largest absolute Gasteiger partial charge is 0.504 e. The second-order valence-corrected chi connectivity index (χ2v) is 6.39. The number of phenolic OH excluding ortho intramolecular Hbond substituents is 1. The zero-order chi connectivity index (χ0) is 24.3. The zero-order valence-electron chi connectivity index (χ0n) is 20.4. The Kier molecular flexibility index (Phi) is 31.0. The van der Waals surface area contributed by atoms with Crippen LogP contribution in [0.25, 0.3) is 0 Å². The number of aromatic hydroxyl groups is 1. The highest BCUT2D eigenvalue weighted by Gasteiger charge is 2.00. The molecule has 7 nitrogen and oxygen atoms in total. The third-order valence-electron chi connectivity index (χ3n) is 3.67. The van der Waals surface area contributed by atoms with Gasteiger partial charge >= 0.3 is 0 Å². The standard InChI is InChI=1S/C8H8O3.C6H14O2.2C5H12O/c1-11-8-4-6(5-9)2-3-7(8)10;1-4-7-6(3)8-5-2;2*1-2-3-4-5-6/h2-5,10H,1H3;6H,4-5H2,1-3H3;2*6H,2-5H2,1H3. The van der Waals surface area contributed by atoms with Gasteiger partial charge in [0.05, 0.1) is 7.11 Å². The lowest BCUT2D eigenvalue weighted by atomic mass is 10.2. The highest BCUT2D eigenvalue weighted by atomic mass is 16.7. The first-order valence-electron chi connectivity index (χ1n) is 11.2. The predicted molar refractivity (Wildman–Crippen MR) is 126 cm³/mol. The topological polar surface area (TPSA) is 105 Å². The van der Waals surface area contributed by atoms with E-state index in [4.69, 9.17) is 29.5 Å². The Hall–Kier alpha value is -1.67. The van der Waals surface area contributed by atoms with Crippen LogP contribution in [0.5, 0.6) is 11.5 Å². The van der Waals surface area contributed by atoms with Crippen LogP contribution in [0.1, 0.15) is 83.5 Å². The van der Waals surface area contributed by atoms with Crippen LogP contribution in [0.4, 0.5) is 0 Å². The molecular weight excluding hydrogens is 400 g/mol. The van der Waals surface area contributed by atoms with E-state index in [9.17, 15) is 4.79 Å². The van der Waals surface area contributed by atoms with Gasteiger partial charge in [-0.15, -0.1) is 0 Å². The third-order valence-corrected chi connectivity index (χ3v) is 3.67. The third kappa shape index (κ3) is 26.3. The van der Waals surface area contributed by atoms with Gasteiger partial charge in [-0.2, -0.15) is 0 Å². The molecule has 1 aromatic rings. The van der Waals surface area contributed by atoms with Crippen molar-refractivity contribution in [3.8, 4) is 11.5 Å². The van der Waals surface area contributed by atoms with Crippen LogP contribution in [0.15, 0.2) is 18.2 Å². The molecule has 0 aliphatic rings. The van der Waals surface area contributed by atoms with Crippen LogP contribution in [-0.4, -0.2) is 61.4 Å². The maximum absolute atomic E-state index is 10.2. The summed E-state index contributed by atoms with van der Waals surface area (Å²) in [6.07, 6.45) is 7.31. The molecule has 0 heterocycles. The summed E-state index contributed by atoms with van der Waals surface area (Å²) in [5.41, 5.74) is 0.486. The molecule has 0 unspecified atom stereocenters. The van der Waals surface area contributed by atoms with Gasteiger partial charge in [0.1, 0.15) is 6.29 Å². The first-order chi connectivity index (χ1) is 14.9. The van der Waals surface area contributed by atoms with Crippen molar-refractivity contribution >= 4 is 6.29 Å². The summed E-state index contributed by atoms with van der Waals surface area (Å²) in [4.78, 5) is 10.2. The monoisotopic (exact) mass is 446 g/mol. The van der Waals surface area contributed by atoms with Gasteiger partial charge < -0.3 is 29.5 Å². The molecule has 0 saturated carbocycles. The van der Waals surface area contributed by atoms with E-state index in [0.717, 1.165) is 38.9 Å². The number of carbonyl (C=O) groups is 1. The number of carbonyl (C=O) groups excluding carboxylic acids is 1. The van der Waals surface area contributed by atoms with Crippen LogP contribution >= 0.6 is 0 Å². The Bertz CT molecular complexity index is 459. The number of hydrogen-bond acceptors (Lipinski definition) is 7. The summed E-state index contributed by atoms with van der Waals surface area (Å²) < 4.78 is 14.9. The van der Waals surface area contributed by atoms with E-state index >= 15 is 0 Å². The lowest BCUT2D eigenvalue weighted by Crippen LogP contribution is -2.11. The number of benzene rings is 1. The summed E-state index contributed by atoms with van der Waals surface area (Å²) in [5, 5.41) is 25.5. The van der Waals surface area contributed by atoms with Gasteiger partial charge in [0, 0.05) is 32.0 Å². The molecule has 3 N–H and O–H groups in total. The molecule has 0 aliphatic heterocycles. The molecule has 31 heavy (non-hydrogen) atoms. The summed E-state index contributed by atoms with van der Waals surface area (Å²) in [6.45, 7) is 12.2. The number of aliphatic hydroxyl groups excluding tert-OH is 2. The molecule has 0 bridgehead atoms. The smallest absolute Gasteiger partial charge is 0.161 e. The first kappa shape index (κ1) is 34.0. The maximum Gasteiger partial charge on any atom is 0.161 e. The Morgan fingerprint density at radius 1 is 0.903 bits per heavy atom. The Morgan fingerprint density at radius 2 is 1.39 bits per heavy atom. The average Bonchev–Trinajstić information content (AvgIpc) is 2.78. The maximum atomic E-state index is 10.2. The number of methoxy groups -OCH3 is 1. The van der Waals surface area contributed by atoms with Gasteiger partial charge in [0.25, 0.3) is 0 Å². The van der Waals surface area contributed by atoms with Gasteiger partial charge in [-0.05, 0) is 51.8 Å². The fraction of sp³-hybridized carbons (Fsp3) is 0.708. The Balaban J connectivity index is -0.000000351. The minimum absolute atomic E-state index is 0.0370. The van der Waals surface area contributed by atoms with Crippen molar-refractivity contribution < 1.29 is 34.3 Å². The fourth-order valence-corrected chi connectivity index (χ4v) is 2.01. The van der Waals surface area contributed by atoms with E-state index in [-0.39, 0.29) is 12.0 Å². The van der Waals surface area contributed by atoms with Crippen LogP contribution in [0, 0.1) is 0 Å². The molecule has 0 amide bonds. The number of hydrogen-bond donors (Lipinski definition) is 3. The molecule has 0 radical (unpaired) electrons. The van der Waals surface area contributed by atoms with Crippen LogP contribution in [0.2, 0.25) is 0 Å². The number of aldehydes is 1. The second kappa shape index (κ2) is 28.3. The van der Waals surface area contributed by atoms with E-state index < -0.39 is 0 Å². The molecule has 7 heteroatoms. The molecule has 184 valence electrons. The highest BCUT2D eigenvalue weighted by molar-refractivity contribution is 5.76. The summed E-state index contributed by atoms with van der Waals surface area (Å²) in [6, 6.07) is 4.41. The van der Waals surface area contributed by atoms with Crippen molar-refractivity contribution in [1.82, 2.24) is 0 Å². The molecule has 1 rings (SSSR count). The van der Waals surface area contributed by atoms with Gasteiger partial charge in [-0.25, -0.2) is 0 Å². The number of rotatable bonds is 12. The normalized spacial score (nSPS) is 9.45. The molecule has 0 spiro atoms. The van der Waals surface area contributed by atoms with Gasteiger partial charge in [0.2, 0.25) is 0 Å². The molecule has 0 fully saturated rings. The van der Waals surface area contributed by atoms with Crippen molar-refractivity contribution in [3.05, 3.63) is 23.8 Å². The number of phenols is 1. The number of ether oxygens (including phenoxy) is 3. The first-order valence-corrected chi connectivity index (χ1v) is 11.2. The van der Waals surface area contributed by atoms with Crippen molar-refractivity contribution in [2.45, 2.75) is 79.4 Å². The summed E-state index contributed by atoms with van der Waals surface area (Å²) >= 11 is 0. The molecule has 0 aliphatic carbocycles. The van der Waals surface area contributed by atoms with Crippen molar-refractivity contribution in [2.75, 3.05) is 33.5 Å². The lowest BCUT2D eigenvalue weighted by Gasteiger charge is -2.09. The highest BCUT2D eigenvalue weighted by Crippen LogP contribution is 2.25. The SMILES string of the molecule is CCCCCO.CCCCCO.CCOC(C)OCC.COc1cc(C=O)ccc1O. The predicted octanol–water partition coefficient (Wildman–Crippen LogP) is 4.96. The lowest BCUT2D eigenvalue weighted by molar-refractivity contribution is -0.123. The van der Waals surface area contributed by atoms with E-state index in [1.165, 1.54) is 38.2 Å². The fourth-order valence-electron chi connectivity index (χ4n) is 2.01. The Morgan fingerprint density at radius 3 is 1.68 bits per heavy atom. The van der Waals surface area contributed by atoms with Crippen LogP contribution in [-0.2, 0) is 9.47 Å². The van der Waals surface area contributed by atoms with Gasteiger partial charge in [-0.3, -0.25) is 4.79 Å². The van der Waals surface area contributed by atoms with Crippen molar-refractivity contribution in [2.24, 2.45) is 0 Å². The van der Waals surface area contributed by atoms with E-state index in [2.05, 4.69) is 13.8 Å². The van der Waals surface area contributed by atoms with Crippen LogP contribution in [0.3, 0.4) is 0 Å². The molecule has 1 aromatic carbocycles. The number of unbranched alkanes of at least 4 members (excludes halogenated alkanes) is 4. The van der Waals surface area contributed by atoms with Crippen LogP contribution < -0.4 is 4.74 Å². The molecule has 0 atom stereocenters. The second-order valence-electron chi connectivity index (χ2n) is 6.39.